The average Bonchev–Trinajstić information content (AvgIpc) is 3.46. The first-order valence-corrected chi connectivity index (χ1v) is 23.8. The Balaban J connectivity index is 1.42. The van der Waals surface area contributed by atoms with Gasteiger partial charge < -0.3 is 4.90 Å². The summed E-state index contributed by atoms with van der Waals surface area (Å²) in [5.74, 6) is -0.216. The third kappa shape index (κ3) is 9.32. The molecule has 1 aliphatic carbocycles. The molecule has 0 atom stereocenters. The zero-order chi connectivity index (χ0) is 38.7. The number of rotatable bonds is 14. The van der Waals surface area contributed by atoms with Crippen molar-refractivity contribution in [1.82, 2.24) is 0 Å². The van der Waals surface area contributed by atoms with Gasteiger partial charge in [-0.05, 0) is 163 Å². The van der Waals surface area contributed by atoms with E-state index in [1.54, 1.807) is 0 Å². The Labute approximate surface area is 355 Å². The van der Waals surface area contributed by atoms with Crippen molar-refractivity contribution < 1.29 is 17.5 Å². The van der Waals surface area contributed by atoms with Gasteiger partial charge in [-0.2, -0.15) is 13.0 Å². The van der Waals surface area contributed by atoms with Gasteiger partial charge in [-0.25, -0.2) is 0 Å². The number of benzene rings is 3. The first kappa shape index (κ1) is 41.4. The highest BCUT2D eigenvalue weighted by atomic mass is 127. The molecular weight excluding hydrogens is 934 g/mol. The topological polar surface area (TPSA) is 60.6 Å². The van der Waals surface area contributed by atoms with Crippen molar-refractivity contribution in [3.63, 3.8) is 0 Å². The molecule has 2 heterocycles. The Hall–Kier alpha value is -2.19. The Bertz CT molecular complexity index is 2150. The molecule has 0 saturated carbocycles. The van der Waals surface area contributed by atoms with Crippen molar-refractivity contribution in [3.8, 4) is 0 Å². The minimum atomic E-state index is -3.99. The Kier molecular flexibility index (Phi) is 13.5. The van der Waals surface area contributed by atoms with E-state index >= 15 is 0 Å². The molecule has 0 aromatic heterocycles. The Morgan fingerprint density at radius 3 is 2.30 bits per heavy atom. The molecule has 54 heavy (non-hydrogen) atoms. The minimum Gasteiger partial charge on any atom is -0.344 e. The monoisotopic (exact) mass is 987 g/mol. The molecule has 0 fully saturated rings. The van der Waals surface area contributed by atoms with E-state index in [0.29, 0.717) is 19.4 Å². The van der Waals surface area contributed by atoms with Crippen LogP contribution in [0.2, 0.25) is 0 Å². The molecular formula is C45H53I2N2O3S2+. The summed E-state index contributed by atoms with van der Waals surface area (Å²) in [4.78, 5) is 4.94. The molecule has 6 rings (SSSR count). The molecule has 0 radical (unpaired) electrons. The fourth-order valence-electron chi connectivity index (χ4n) is 8.17. The predicted octanol–water partition coefficient (Wildman–Crippen LogP) is 12.5. The third-order valence-electron chi connectivity index (χ3n) is 11.1. The lowest BCUT2D eigenvalue weighted by atomic mass is 9.81. The number of unbranched alkanes of at least 4 members (excludes halogenated alkanes) is 3. The van der Waals surface area contributed by atoms with Crippen LogP contribution in [0.5, 0.6) is 0 Å². The molecule has 3 aromatic carbocycles. The van der Waals surface area contributed by atoms with E-state index in [1.807, 2.05) is 11.8 Å². The molecule has 5 nitrogen and oxygen atoms in total. The van der Waals surface area contributed by atoms with Crippen LogP contribution in [0.3, 0.4) is 0 Å². The number of hydrogen-bond donors (Lipinski definition) is 1. The summed E-state index contributed by atoms with van der Waals surface area (Å²) in [5, 5.41) is 0. The van der Waals surface area contributed by atoms with Gasteiger partial charge in [-0.1, -0.05) is 69.3 Å². The molecule has 0 spiro atoms. The van der Waals surface area contributed by atoms with E-state index in [4.69, 9.17) is 0 Å². The molecule has 0 bridgehead atoms. The van der Waals surface area contributed by atoms with Crippen molar-refractivity contribution in [1.29, 1.82) is 0 Å². The second-order valence-corrected chi connectivity index (χ2v) is 20.8. The van der Waals surface area contributed by atoms with Gasteiger partial charge >= 0.3 is 0 Å². The summed E-state index contributed by atoms with van der Waals surface area (Å²) < 4.78 is 37.4. The highest BCUT2D eigenvalue weighted by Gasteiger charge is 2.44. The first-order valence-electron chi connectivity index (χ1n) is 19.2. The van der Waals surface area contributed by atoms with Gasteiger partial charge in [-0.3, -0.25) is 4.55 Å². The lowest BCUT2D eigenvalue weighted by Crippen LogP contribution is -2.28. The van der Waals surface area contributed by atoms with Gasteiger partial charge in [0.25, 0.3) is 10.1 Å². The van der Waals surface area contributed by atoms with E-state index in [0.717, 1.165) is 25.8 Å². The third-order valence-corrected chi connectivity index (χ3v) is 14.4. The normalized spacial score (nSPS) is 19.4. The number of thioether (sulfide) groups is 1. The summed E-state index contributed by atoms with van der Waals surface area (Å²) in [6.07, 6.45) is 17.3. The molecule has 0 saturated heterocycles. The average molecular weight is 988 g/mol. The van der Waals surface area contributed by atoms with Crippen LogP contribution in [0.15, 0.2) is 118 Å². The van der Waals surface area contributed by atoms with Gasteiger partial charge in [0, 0.05) is 64.4 Å². The second kappa shape index (κ2) is 17.5. The summed E-state index contributed by atoms with van der Waals surface area (Å²) in [6, 6.07) is 24.3. The van der Waals surface area contributed by atoms with Crippen molar-refractivity contribution >= 4 is 84.1 Å². The quantitative estimate of drug-likeness (QED) is 0.0755. The maximum Gasteiger partial charge on any atom is 0.264 e. The van der Waals surface area contributed by atoms with E-state index in [1.165, 1.54) is 81.3 Å². The smallest absolute Gasteiger partial charge is 0.264 e. The van der Waals surface area contributed by atoms with E-state index in [-0.39, 0.29) is 16.6 Å². The van der Waals surface area contributed by atoms with Gasteiger partial charge in [0.05, 0.1) is 11.2 Å². The minimum absolute atomic E-state index is 0.101. The zero-order valence-electron chi connectivity index (χ0n) is 32.2. The summed E-state index contributed by atoms with van der Waals surface area (Å²) in [7, 11) is -3.99. The molecule has 286 valence electrons. The van der Waals surface area contributed by atoms with Gasteiger partial charge in [-0.15, -0.1) is 0 Å². The molecule has 3 aliphatic rings. The maximum atomic E-state index is 11.5. The summed E-state index contributed by atoms with van der Waals surface area (Å²) in [6.45, 7) is 13.3. The van der Waals surface area contributed by atoms with E-state index in [9.17, 15) is 13.0 Å². The highest BCUT2D eigenvalue weighted by Crippen LogP contribution is 2.49. The van der Waals surface area contributed by atoms with Gasteiger partial charge in [0.15, 0.2) is 5.71 Å². The SMILES string of the molecule is CCCCC[N+]1=C(/C=C/C2=C(Sc3ccccc3)C(=C/C=C3/N(CCCCS(=O)(=O)O)c4ccc(I)cc4C3(C)C)/CCC2)C(C)(C)c2cc(I)ccc21. The second-order valence-electron chi connectivity index (χ2n) is 15.7. The van der Waals surface area contributed by atoms with Crippen LogP contribution in [-0.2, 0) is 20.9 Å². The van der Waals surface area contributed by atoms with Crippen molar-refractivity contribution in [2.24, 2.45) is 0 Å². The predicted molar refractivity (Wildman–Crippen MR) is 245 cm³/mol. The number of halogens is 2. The fraction of sp³-hybridized carbons (Fsp3) is 0.400. The molecule has 0 unspecified atom stereocenters. The van der Waals surface area contributed by atoms with Crippen LogP contribution in [0, 0.1) is 7.14 Å². The largest absolute Gasteiger partial charge is 0.344 e. The number of nitrogens with zero attached hydrogens (tertiary/aromatic N) is 2. The lowest BCUT2D eigenvalue weighted by Gasteiger charge is -2.27. The van der Waals surface area contributed by atoms with Crippen LogP contribution >= 0.6 is 56.9 Å². The maximum absolute atomic E-state index is 11.5. The lowest BCUT2D eigenvalue weighted by molar-refractivity contribution is -0.438. The molecule has 1 N–H and O–H groups in total. The van der Waals surface area contributed by atoms with Crippen molar-refractivity contribution in [2.45, 2.75) is 102 Å². The van der Waals surface area contributed by atoms with Crippen molar-refractivity contribution in [2.75, 3.05) is 23.7 Å². The van der Waals surface area contributed by atoms with Crippen LogP contribution in [0.25, 0.3) is 0 Å². The number of hydrogen-bond acceptors (Lipinski definition) is 4. The number of allylic oxidation sites excluding steroid dienone is 7. The standard InChI is InChI=1S/C45H52I2N2O3S2/c1-6-7-11-27-48-39-23-21-34(46)30-37(39)44(2,3)41(48)25-19-32-15-14-16-33(43(32)53-36-17-9-8-10-18-36)20-26-42-45(4,5)38-31-35(47)22-24-40(38)49(42)28-12-13-29-54(50,51)52/h8-10,17-26,30-31H,6-7,11-16,27-29H2,1-5H3/p+1. The first-order chi connectivity index (χ1) is 25.7. The molecule has 3 aromatic rings. The Morgan fingerprint density at radius 1 is 0.852 bits per heavy atom. The summed E-state index contributed by atoms with van der Waals surface area (Å²) in [5.41, 5.74) is 10.2. The molecule has 9 heteroatoms. The van der Waals surface area contributed by atoms with Gasteiger partial charge in [0.2, 0.25) is 5.69 Å². The van der Waals surface area contributed by atoms with E-state index in [2.05, 4.69) is 180 Å². The zero-order valence-corrected chi connectivity index (χ0v) is 38.1. The van der Waals surface area contributed by atoms with Crippen molar-refractivity contribution in [3.05, 3.63) is 131 Å². The summed E-state index contributed by atoms with van der Waals surface area (Å²) >= 11 is 6.71. The number of anilines is 1. The molecule has 2 aliphatic heterocycles. The van der Waals surface area contributed by atoms with Gasteiger partial charge in [0.1, 0.15) is 6.54 Å². The van der Waals surface area contributed by atoms with Crippen LogP contribution in [0.1, 0.15) is 97.1 Å². The van der Waals surface area contributed by atoms with Crippen LogP contribution in [0.4, 0.5) is 11.4 Å². The molecule has 0 amide bonds. The Morgan fingerprint density at radius 2 is 1.57 bits per heavy atom. The van der Waals surface area contributed by atoms with E-state index < -0.39 is 10.1 Å². The van der Waals surface area contributed by atoms with Crippen LogP contribution < -0.4 is 4.90 Å². The number of fused-ring (bicyclic) bond motifs is 2. The highest BCUT2D eigenvalue weighted by molar-refractivity contribution is 14.1. The van der Waals surface area contributed by atoms with Crippen LogP contribution in [-0.4, -0.2) is 42.1 Å². The fourth-order valence-corrected chi connectivity index (χ4v) is 10.9.